The van der Waals surface area contributed by atoms with Gasteiger partial charge in [-0.3, -0.25) is 0 Å². The van der Waals surface area contributed by atoms with Crippen molar-refractivity contribution in [2.45, 2.75) is 6.61 Å². The highest BCUT2D eigenvalue weighted by Gasteiger charge is 2.28. The number of benzene rings is 2. The fraction of sp³-hybridized carbons (Fsp3) is 0.200. The summed E-state index contributed by atoms with van der Waals surface area (Å²) in [5.41, 5.74) is 0.326. The first-order valence-electron chi connectivity index (χ1n) is 8.48. The van der Waals surface area contributed by atoms with Gasteiger partial charge in [-0.25, -0.2) is 14.6 Å². The molecule has 0 aliphatic rings. The van der Waals surface area contributed by atoms with E-state index in [4.69, 9.17) is 18.9 Å². The predicted molar refractivity (Wildman–Crippen MR) is 101 cm³/mol. The highest BCUT2D eigenvalue weighted by Crippen LogP contribution is 2.19. The van der Waals surface area contributed by atoms with E-state index in [0.717, 1.165) is 7.11 Å². The summed E-state index contributed by atoms with van der Waals surface area (Å²) >= 11 is 0. The van der Waals surface area contributed by atoms with Gasteiger partial charge in [0, 0.05) is 0 Å². The van der Waals surface area contributed by atoms with Gasteiger partial charge >= 0.3 is 17.6 Å². The maximum Gasteiger partial charge on any atom is 0.406 e. The number of hydrogen-bond donors (Lipinski definition) is 0. The molecule has 0 aliphatic carbocycles. The zero-order chi connectivity index (χ0) is 21.0. The molecule has 2 aromatic carbocycles. The molecule has 3 rings (SSSR count). The molecule has 0 radical (unpaired) electrons. The van der Waals surface area contributed by atoms with Crippen molar-refractivity contribution < 1.29 is 33.3 Å². The lowest BCUT2D eigenvalue weighted by Gasteiger charge is -2.11. The Morgan fingerprint density at radius 3 is 2.24 bits per heavy atom. The Bertz CT molecular complexity index is 1060. The summed E-state index contributed by atoms with van der Waals surface area (Å²) in [6.07, 6.45) is 0. The maximum absolute atomic E-state index is 12.8. The smallest absolute Gasteiger partial charge is 0.406 e. The van der Waals surface area contributed by atoms with Crippen molar-refractivity contribution in [3.8, 4) is 11.5 Å². The molecule has 1 heterocycles. The summed E-state index contributed by atoms with van der Waals surface area (Å²) in [6, 6.07) is 11.0. The van der Waals surface area contributed by atoms with Gasteiger partial charge in [-0.05, 0) is 36.4 Å². The minimum Gasteiger partial charge on any atom is -0.618 e. The molecular formula is C20H18N2O7. The molecule has 0 fully saturated rings. The first-order chi connectivity index (χ1) is 14.0. The van der Waals surface area contributed by atoms with E-state index < -0.39 is 11.9 Å². The second-order valence-corrected chi connectivity index (χ2v) is 5.85. The van der Waals surface area contributed by atoms with E-state index in [0.29, 0.717) is 21.7 Å². The maximum atomic E-state index is 12.8. The number of hydrogen-bond acceptors (Lipinski definition) is 8. The van der Waals surface area contributed by atoms with Gasteiger partial charge in [0.05, 0.1) is 33.0 Å². The van der Waals surface area contributed by atoms with Crippen LogP contribution in [0.5, 0.6) is 11.5 Å². The summed E-state index contributed by atoms with van der Waals surface area (Å²) in [5.74, 6) is -0.516. The number of aromatic nitrogens is 2. The van der Waals surface area contributed by atoms with Gasteiger partial charge in [0.25, 0.3) is 0 Å². The molecule has 0 bridgehead atoms. The summed E-state index contributed by atoms with van der Waals surface area (Å²) in [7, 11) is 4.12. The molecule has 150 valence electrons. The Hall–Kier alpha value is -3.88. The Balaban J connectivity index is 1.94. The van der Waals surface area contributed by atoms with Crippen LogP contribution < -0.4 is 14.2 Å². The third-order valence-corrected chi connectivity index (χ3v) is 4.18. The molecule has 0 aliphatic heterocycles. The van der Waals surface area contributed by atoms with Gasteiger partial charge in [0.2, 0.25) is 5.52 Å². The third-order valence-electron chi connectivity index (χ3n) is 4.18. The van der Waals surface area contributed by atoms with Crippen LogP contribution in [0.15, 0.2) is 42.5 Å². The zero-order valence-electron chi connectivity index (χ0n) is 16.0. The quantitative estimate of drug-likeness (QED) is 0.352. The molecule has 0 unspecified atom stereocenters. The Kier molecular flexibility index (Phi) is 5.77. The van der Waals surface area contributed by atoms with Crippen LogP contribution in [0.3, 0.4) is 0 Å². The van der Waals surface area contributed by atoms with E-state index >= 15 is 0 Å². The van der Waals surface area contributed by atoms with Crippen LogP contribution in [0.4, 0.5) is 0 Å². The molecule has 0 saturated heterocycles. The van der Waals surface area contributed by atoms with E-state index in [1.165, 1.54) is 32.4 Å². The SMILES string of the molecule is COC(=O)c1c(COC(=O)c2ccc(OC)cc2)nc2ccc(OC)cc2[n+]1[O-]. The molecule has 9 heteroatoms. The summed E-state index contributed by atoms with van der Waals surface area (Å²) in [4.78, 5) is 28.8. The van der Waals surface area contributed by atoms with Crippen molar-refractivity contribution in [1.29, 1.82) is 0 Å². The van der Waals surface area contributed by atoms with E-state index in [-0.39, 0.29) is 29.1 Å². The normalized spacial score (nSPS) is 10.4. The van der Waals surface area contributed by atoms with Crippen molar-refractivity contribution in [1.82, 2.24) is 4.98 Å². The van der Waals surface area contributed by atoms with E-state index in [1.807, 2.05) is 0 Å². The molecular weight excluding hydrogens is 380 g/mol. The highest BCUT2D eigenvalue weighted by atomic mass is 16.5. The molecule has 1 aromatic heterocycles. The summed E-state index contributed by atoms with van der Waals surface area (Å²) in [5, 5.41) is 12.8. The molecule has 0 N–H and O–H groups in total. The van der Waals surface area contributed by atoms with Gasteiger partial charge in [-0.15, -0.1) is 0 Å². The lowest BCUT2D eigenvalue weighted by Crippen LogP contribution is -2.38. The largest absolute Gasteiger partial charge is 0.618 e. The van der Waals surface area contributed by atoms with E-state index in [1.54, 1.807) is 24.3 Å². The number of fused-ring (bicyclic) bond motifs is 1. The van der Waals surface area contributed by atoms with Gasteiger partial charge in [-0.1, -0.05) is 0 Å². The van der Waals surface area contributed by atoms with Crippen molar-refractivity contribution >= 4 is 23.0 Å². The van der Waals surface area contributed by atoms with Crippen LogP contribution in [0.1, 0.15) is 26.5 Å². The van der Waals surface area contributed by atoms with Crippen LogP contribution in [-0.2, 0) is 16.1 Å². The van der Waals surface area contributed by atoms with Crippen LogP contribution in [0.2, 0.25) is 0 Å². The van der Waals surface area contributed by atoms with E-state index in [2.05, 4.69) is 4.98 Å². The minimum atomic E-state index is -0.896. The average molecular weight is 398 g/mol. The Morgan fingerprint density at radius 2 is 1.62 bits per heavy atom. The topological polar surface area (TPSA) is 111 Å². The lowest BCUT2D eigenvalue weighted by molar-refractivity contribution is -0.581. The first-order valence-corrected chi connectivity index (χ1v) is 8.48. The monoisotopic (exact) mass is 398 g/mol. The third kappa shape index (κ3) is 4.03. The molecule has 0 amide bonds. The van der Waals surface area contributed by atoms with Crippen LogP contribution >= 0.6 is 0 Å². The standard InChI is InChI=1S/C20H18N2O7/c1-26-13-6-4-12(5-7-13)19(23)29-11-16-18(20(24)28-3)22(25)17-10-14(27-2)8-9-15(17)21-16/h4-10H,11H2,1-3H3. The highest BCUT2D eigenvalue weighted by molar-refractivity contribution is 5.90. The fourth-order valence-corrected chi connectivity index (χ4v) is 2.67. The number of carbonyl (C=O) groups excluding carboxylic acids is 2. The van der Waals surface area contributed by atoms with Gasteiger partial charge in [-0.2, -0.15) is 4.73 Å². The molecule has 0 spiro atoms. The zero-order valence-corrected chi connectivity index (χ0v) is 16.0. The molecule has 0 saturated carbocycles. The predicted octanol–water partition coefficient (Wildman–Crippen LogP) is 2.03. The van der Waals surface area contributed by atoms with Crippen LogP contribution in [-0.4, -0.2) is 38.3 Å². The molecule has 9 nitrogen and oxygen atoms in total. The minimum absolute atomic E-state index is 0.0219. The molecule has 29 heavy (non-hydrogen) atoms. The van der Waals surface area contributed by atoms with Gasteiger partial charge in [0.15, 0.2) is 5.69 Å². The molecule has 3 aromatic rings. The van der Waals surface area contributed by atoms with Crippen LogP contribution in [0, 0.1) is 5.21 Å². The Morgan fingerprint density at radius 1 is 0.966 bits per heavy atom. The second kappa shape index (κ2) is 8.42. The van der Waals surface area contributed by atoms with Crippen molar-refractivity contribution in [2.75, 3.05) is 21.3 Å². The first kappa shape index (κ1) is 19.9. The second-order valence-electron chi connectivity index (χ2n) is 5.85. The van der Waals surface area contributed by atoms with Crippen molar-refractivity contribution in [2.24, 2.45) is 0 Å². The summed E-state index contributed by atoms with van der Waals surface area (Å²) in [6.45, 7) is -0.389. The van der Waals surface area contributed by atoms with Crippen molar-refractivity contribution in [3.05, 3.63) is 64.6 Å². The molecule has 0 atom stereocenters. The van der Waals surface area contributed by atoms with Gasteiger partial charge < -0.3 is 24.2 Å². The lowest BCUT2D eigenvalue weighted by atomic mass is 10.2. The number of nitrogens with zero attached hydrogens (tertiary/aromatic N) is 2. The average Bonchev–Trinajstić information content (AvgIpc) is 2.76. The van der Waals surface area contributed by atoms with Gasteiger partial charge in [0.1, 0.15) is 23.6 Å². The van der Waals surface area contributed by atoms with E-state index in [9.17, 15) is 14.8 Å². The summed E-state index contributed by atoms with van der Waals surface area (Å²) < 4.78 is 20.5. The number of esters is 2. The number of carbonyl (C=O) groups is 2. The van der Waals surface area contributed by atoms with Crippen molar-refractivity contribution in [3.63, 3.8) is 0 Å². The number of methoxy groups -OCH3 is 3. The Labute approximate surface area is 166 Å². The number of rotatable bonds is 6. The fourth-order valence-electron chi connectivity index (χ4n) is 2.67. The number of ether oxygens (including phenoxy) is 4. The van der Waals surface area contributed by atoms with Crippen LogP contribution in [0.25, 0.3) is 11.0 Å².